The minimum atomic E-state index is -0.611. The summed E-state index contributed by atoms with van der Waals surface area (Å²) in [6, 6.07) is 4.54. The van der Waals surface area contributed by atoms with Crippen molar-refractivity contribution in [1.82, 2.24) is 14.8 Å². The molecule has 0 saturated carbocycles. The fraction of sp³-hybridized carbons (Fsp3) is 0.571. The van der Waals surface area contributed by atoms with Gasteiger partial charge in [-0.1, -0.05) is 13.0 Å². The topological polar surface area (TPSA) is 36.4 Å². The molecule has 0 bridgehead atoms. The molecule has 1 amide bonds. The number of likely N-dealkylation sites (tertiary alicyclic amines) is 1. The molecule has 0 aromatic carbocycles. The van der Waals surface area contributed by atoms with Crippen LogP contribution >= 0.6 is 0 Å². The molecule has 0 aliphatic carbocycles. The maximum absolute atomic E-state index is 13.0. The average Bonchev–Trinajstić information content (AvgIpc) is 2.46. The Morgan fingerprint density at radius 2 is 2.16 bits per heavy atom. The van der Waals surface area contributed by atoms with Gasteiger partial charge in [-0.25, -0.2) is 4.98 Å². The Morgan fingerprint density at radius 1 is 1.47 bits per heavy atom. The van der Waals surface area contributed by atoms with Crippen LogP contribution in [0.25, 0.3) is 0 Å². The van der Waals surface area contributed by atoms with Crippen LogP contribution in [0.5, 0.6) is 0 Å². The van der Waals surface area contributed by atoms with E-state index >= 15 is 0 Å². The van der Waals surface area contributed by atoms with E-state index in [4.69, 9.17) is 0 Å². The van der Waals surface area contributed by atoms with Crippen LogP contribution in [0.4, 0.5) is 4.39 Å². The second-order valence-corrected chi connectivity index (χ2v) is 4.93. The number of halogens is 1. The first-order chi connectivity index (χ1) is 9.11. The Balaban J connectivity index is 2.00. The lowest BCUT2D eigenvalue weighted by atomic mass is 10.0. The Labute approximate surface area is 113 Å². The number of aromatic nitrogens is 1. The molecule has 1 aliphatic heterocycles. The zero-order valence-corrected chi connectivity index (χ0v) is 11.5. The summed E-state index contributed by atoms with van der Waals surface area (Å²) < 4.78 is 13.0. The van der Waals surface area contributed by atoms with E-state index in [0.29, 0.717) is 0 Å². The zero-order chi connectivity index (χ0) is 13.8. The highest BCUT2D eigenvalue weighted by atomic mass is 19.1. The van der Waals surface area contributed by atoms with E-state index in [-0.39, 0.29) is 17.6 Å². The molecule has 1 fully saturated rings. The van der Waals surface area contributed by atoms with Crippen LogP contribution in [0.3, 0.4) is 0 Å². The third kappa shape index (κ3) is 3.29. The molecule has 0 unspecified atom stereocenters. The van der Waals surface area contributed by atoms with Crippen LogP contribution in [-0.2, 0) is 0 Å². The van der Waals surface area contributed by atoms with Crippen molar-refractivity contribution >= 4 is 5.91 Å². The van der Waals surface area contributed by atoms with Gasteiger partial charge in [-0.3, -0.25) is 4.79 Å². The van der Waals surface area contributed by atoms with Gasteiger partial charge in [0.15, 0.2) is 0 Å². The SMILES string of the molecule is CCN1CCC(N(C)C(=O)c2cccc(F)n2)CC1. The Morgan fingerprint density at radius 3 is 2.74 bits per heavy atom. The normalized spacial score (nSPS) is 17.4. The summed E-state index contributed by atoms with van der Waals surface area (Å²) in [4.78, 5) is 20.0. The number of piperidine rings is 1. The highest BCUT2D eigenvalue weighted by Gasteiger charge is 2.26. The molecule has 104 valence electrons. The van der Waals surface area contributed by atoms with E-state index in [0.717, 1.165) is 32.5 Å². The van der Waals surface area contributed by atoms with E-state index < -0.39 is 5.95 Å². The maximum Gasteiger partial charge on any atom is 0.272 e. The van der Waals surface area contributed by atoms with E-state index in [1.165, 1.54) is 12.1 Å². The first-order valence-electron chi connectivity index (χ1n) is 6.74. The Hall–Kier alpha value is -1.49. The van der Waals surface area contributed by atoms with Crippen LogP contribution < -0.4 is 0 Å². The van der Waals surface area contributed by atoms with Crippen LogP contribution in [0.2, 0.25) is 0 Å². The number of pyridine rings is 1. The van der Waals surface area contributed by atoms with Crippen molar-refractivity contribution in [2.45, 2.75) is 25.8 Å². The molecule has 1 aliphatic rings. The Bertz CT molecular complexity index is 444. The lowest BCUT2D eigenvalue weighted by Crippen LogP contribution is -2.45. The van der Waals surface area contributed by atoms with Gasteiger partial charge in [0.2, 0.25) is 5.95 Å². The fourth-order valence-electron chi connectivity index (χ4n) is 2.50. The summed E-state index contributed by atoms with van der Waals surface area (Å²) in [5.74, 6) is -0.811. The number of hydrogen-bond acceptors (Lipinski definition) is 3. The zero-order valence-electron chi connectivity index (χ0n) is 11.5. The molecule has 0 radical (unpaired) electrons. The van der Waals surface area contributed by atoms with E-state index in [9.17, 15) is 9.18 Å². The molecule has 2 rings (SSSR count). The maximum atomic E-state index is 13.0. The number of hydrogen-bond donors (Lipinski definition) is 0. The van der Waals surface area contributed by atoms with Crippen LogP contribution in [-0.4, -0.2) is 53.4 Å². The quantitative estimate of drug-likeness (QED) is 0.782. The molecule has 0 spiro atoms. The molecule has 19 heavy (non-hydrogen) atoms. The lowest BCUT2D eigenvalue weighted by Gasteiger charge is -2.36. The number of amides is 1. The molecule has 1 saturated heterocycles. The molecule has 5 heteroatoms. The van der Waals surface area contributed by atoms with Gasteiger partial charge in [-0.15, -0.1) is 0 Å². The van der Waals surface area contributed by atoms with Gasteiger partial charge in [-0.05, 0) is 31.5 Å². The molecule has 4 nitrogen and oxygen atoms in total. The third-order valence-corrected chi connectivity index (χ3v) is 3.81. The summed E-state index contributed by atoms with van der Waals surface area (Å²) >= 11 is 0. The first kappa shape index (κ1) is 13.9. The second-order valence-electron chi connectivity index (χ2n) is 4.93. The largest absolute Gasteiger partial charge is 0.337 e. The summed E-state index contributed by atoms with van der Waals surface area (Å²) in [5.41, 5.74) is 0.181. The van der Waals surface area contributed by atoms with Crippen molar-refractivity contribution in [1.29, 1.82) is 0 Å². The van der Waals surface area contributed by atoms with Gasteiger partial charge in [0, 0.05) is 26.2 Å². The summed E-state index contributed by atoms with van der Waals surface area (Å²) in [7, 11) is 1.78. The number of nitrogens with zero attached hydrogens (tertiary/aromatic N) is 3. The highest BCUT2D eigenvalue weighted by molar-refractivity contribution is 5.92. The van der Waals surface area contributed by atoms with Gasteiger partial charge >= 0.3 is 0 Å². The number of carbonyl (C=O) groups is 1. The summed E-state index contributed by atoms with van der Waals surface area (Å²) in [6.07, 6.45) is 1.93. The molecular weight excluding hydrogens is 245 g/mol. The summed E-state index contributed by atoms with van der Waals surface area (Å²) in [5, 5.41) is 0. The van der Waals surface area contributed by atoms with Crippen molar-refractivity contribution < 1.29 is 9.18 Å². The second kappa shape index (κ2) is 6.10. The van der Waals surface area contributed by atoms with Crippen LogP contribution in [0.15, 0.2) is 18.2 Å². The van der Waals surface area contributed by atoms with Gasteiger partial charge < -0.3 is 9.80 Å². The van der Waals surface area contributed by atoms with Crippen molar-refractivity contribution in [3.63, 3.8) is 0 Å². The predicted octanol–water partition coefficient (Wildman–Crippen LogP) is 1.78. The minimum absolute atomic E-state index is 0.181. The van der Waals surface area contributed by atoms with Crippen molar-refractivity contribution in [2.24, 2.45) is 0 Å². The fourth-order valence-corrected chi connectivity index (χ4v) is 2.50. The predicted molar refractivity (Wildman–Crippen MR) is 71.4 cm³/mol. The third-order valence-electron chi connectivity index (χ3n) is 3.81. The molecule has 1 aromatic rings. The lowest BCUT2D eigenvalue weighted by molar-refractivity contribution is 0.0640. The van der Waals surface area contributed by atoms with E-state index in [1.54, 1.807) is 18.0 Å². The smallest absolute Gasteiger partial charge is 0.272 e. The van der Waals surface area contributed by atoms with E-state index in [1.807, 2.05) is 0 Å². The average molecular weight is 265 g/mol. The molecule has 0 N–H and O–H groups in total. The van der Waals surface area contributed by atoms with Gasteiger partial charge in [0.1, 0.15) is 5.69 Å². The van der Waals surface area contributed by atoms with Crippen molar-refractivity contribution in [2.75, 3.05) is 26.7 Å². The van der Waals surface area contributed by atoms with E-state index in [2.05, 4.69) is 16.8 Å². The van der Waals surface area contributed by atoms with Crippen LogP contribution in [0, 0.1) is 5.95 Å². The van der Waals surface area contributed by atoms with Gasteiger partial charge in [-0.2, -0.15) is 4.39 Å². The summed E-state index contributed by atoms with van der Waals surface area (Å²) in [6.45, 7) is 5.21. The van der Waals surface area contributed by atoms with Gasteiger partial charge in [0.05, 0.1) is 0 Å². The van der Waals surface area contributed by atoms with Crippen molar-refractivity contribution in [3.05, 3.63) is 29.8 Å². The molecule has 1 aromatic heterocycles. The molecule has 0 atom stereocenters. The first-order valence-corrected chi connectivity index (χ1v) is 6.74. The monoisotopic (exact) mass is 265 g/mol. The molecular formula is C14H20FN3O. The number of carbonyl (C=O) groups excluding carboxylic acids is 1. The minimum Gasteiger partial charge on any atom is -0.337 e. The standard InChI is InChI=1S/C14H20FN3O/c1-3-18-9-7-11(8-10-18)17(2)14(19)12-5-4-6-13(15)16-12/h4-6,11H,3,7-10H2,1-2H3. The number of rotatable bonds is 3. The molecule has 2 heterocycles. The Kier molecular flexibility index (Phi) is 4.47. The van der Waals surface area contributed by atoms with Crippen LogP contribution in [0.1, 0.15) is 30.3 Å². The van der Waals surface area contributed by atoms with Crippen molar-refractivity contribution in [3.8, 4) is 0 Å². The van der Waals surface area contributed by atoms with Gasteiger partial charge in [0.25, 0.3) is 5.91 Å². The highest BCUT2D eigenvalue weighted by Crippen LogP contribution is 2.16.